The van der Waals surface area contributed by atoms with Gasteiger partial charge >= 0.3 is 0 Å². The second-order valence-electron chi connectivity index (χ2n) is 5.94. The monoisotopic (exact) mass is 340 g/mol. The average Bonchev–Trinajstić information content (AvgIpc) is 2.85. The molecule has 0 aromatic heterocycles. The summed E-state index contributed by atoms with van der Waals surface area (Å²) < 4.78 is 28.5. The summed E-state index contributed by atoms with van der Waals surface area (Å²) in [7, 11) is -1.14. The van der Waals surface area contributed by atoms with Crippen molar-refractivity contribution < 1.29 is 17.9 Å². The number of benzene rings is 1. The summed E-state index contributed by atoms with van der Waals surface area (Å²) in [5, 5.41) is 2.79. The molecule has 0 spiro atoms. The van der Waals surface area contributed by atoms with Gasteiger partial charge in [-0.1, -0.05) is 18.2 Å². The molecule has 1 aliphatic heterocycles. The van der Waals surface area contributed by atoms with Crippen LogP contribution in [0.2, 0.25) is 0 Å². The van der Waals surface area contributed by atoms with Crippen LogP contribution in [0.15, 0.2) is 24.3 Å². The van der Waals surface area contributed by atoms with E-state index in [0.717, 1.165) is 11.3 Å². The predicted molar refractivity (Wildman–Crippen MR) is 89.4 cm³/mol. The molecule has 2 rings (SSSR count). The van der Waals surface area contributed by atoms with Gasteiger partial charge in [-0.2, -0.15) is 0 Å². The highest BCUT2D eigenvalue weighted by atomic mass is 32.2. The average molecular weight is 340 g/mol. The lowest BCUT2D eigenvalue weighted by Gasteiger charge is -2.22. The maximum absolute atomic E-state index is 11.9. The fourth-order valence-corrected chi connectivity index (χ4v) is 4.41. The highest BCUT2D eigenvalue weighted by Crippen LogP contribution is 2.16. The number of para-hydroxylation sites is 1. The molecule has 1 aromatic rings. The minimum Gasteiger partial charge on any atom is -0.491 e. The topological polar surface area (TPSA) is 75.7 Å². The zero-order valence-corrected chi connectivity index (χ0v) is 14.4. The summed E-state index contributed by atoms with van der Waals surface area (Å²) in [6.07, 6.45) is 0.600. The van der Waals surface area contributed by atoms with E-state index >= 15 is 0 Å². The molecule has 128 valence electrons. The Morgan fingerprint density at radius 3 is 2.78 bits per heavy atom. The van der Waals surface area contributed by atoms with E-state index in [0.29, 0.717) is 19.6 Å². The lowest BCUT2D eigenvalue weighted by molar-refractivity contribution is -0.122. The molecule has 1 saturated heterocycles. The summed E-state index contributed by atoms with van der Waals surface area (Å²) in [6.45, 7) is 2.99. The molecule has 23 heavy (non-hydrogen) atoms. The van der Waals surface area contributed by atoms with E-state index in [9.17, 15) is 13.2 Å². The molecule has 1 unspecified atom stereocenters. The van der Waals surface area contributed by atoms with Gasteiger partial charge in [-0.25, -0.2) is 8.42 Å². The third-order valence-electron chi connectivity index (χ3n) is 4.00. The molecule has 0 bridgehead atoms. The molecule has 7 heteroatoms. The Kier molecular flexibility index (Phi) is 6.01. The van der Waals surface area contributed by atoms with Gasteiger partial charge in [-0.05, 0) is 32.0 Å². The number of hydrogen-bond donors (Lipinski definition) is 1. The van der Waals surface area contributed by atoms with Gasteiger partial charge in [0.15, 0.2) is 9.84 Å². The Morgan fingerprint density at radius 2 is 2.13 bits per heavy atom. The quantitative estimate of drug-likeness (QED) is 0.736. The summed E-state index contributed by atoms with van der Waals surface area (Å²) in [6, 6.07) is 7.66. The van der Waals surface area contributed by atoms with Crippen molar-refractivity contribution in [3.05, 3.63) is 29.8 Å². The van der Waals surface area contributed by atoms with Crippen LogP contribution >= 0.6 is 0 Å². The number of sulfone groups is 1. The van der Waals surface area contributed by atoms with Gasteiger partial charge in [-0.3, -0.25) is 9.69 Å². The van der Waals surface area contributed by atoms with E-state index in [4.69, 9.17) is 4.74 Å². The number of rotatable bonds is 7. The minimum atomic E-state index is -2.93. The van der Waals surface area contributed by atoms with E-state index in [1.54, 1.807) is 7.05 Å². The zero-order chi connectivity index (χ0) is 16.9. The van der Waals surface area contributed by atoms with E-state index in [1.165, 1.54) is 0 Å². The predicted octanol–water partition coefficient (Wildman–Crippen LogP) is 0.609. The van der Waals surface area contributed by atoms with Crippen LogP contribution in [0.3, 0.4) is 0 Å². The van der Waals surface area contributed by atoms with Gasteiger partial charge in [0, 0.05) is 6.04 Å². The Bertz CT molecular complexity index is 645. The van der Waals surface area contributed by atoms with Crippen molar-refractivity contribution >= 4 is 15.7 Å². The van der Waals surface area contributed by atoms with Crippen LogP contribution in [0.1, 0.15) is 12.0 Å². The van der Waals surface area contributed by atoms with Gasteiger partial charge < -0.3 is 10.1 Å². The lowest BCUT2D eigenvalue weighted by atomic mass is 10.2. The Labute approximate surface area is 137 Å². The maximum atomic E-state index is 11.9. The molecule has 1 amide bonds. The molecule has 1 fully saturated rings. The molecule has 0 aliphatic carbocycles. The third kappa shape index (κ3) is 5.51. The lowest BCUT2D eigenvalue weighted by Crippen LogP contribution is -2.42. The van der Waals surface area contributed by atoms with Crippen LogP contribution in [0.4, 0.5) is 0 Å². The first-order valence-electron chi connectivity index (χ1n) is 7.73. The SMILES string of the molecule is Cc1ccccc1OCCNC(=O)CN(C)C1CCS(=O)(=O)C1. The van der Waals surface area contributed by atoms with Crippen LogP contribution in [0.5, 0.6) is 5.75 Å². The standard InChI is InChI=1S/C16H24N2O4S/c1-13-5-3-4-6-15(13)22-9-8-17-16(19)11-18(2)14-7-10-23(20,21)12-14/h3-6,14H,7-12H2,1-2H3,(H,17,19). The molecule has 1 N–H and O–H groups in total. The van der Waals surface area contributed by atoms with Gasteiger partial charge in [-0.15, -0.1) is 0 Å². The van der Waals surface area contributed by atoms with Gasteiger partial charge in [0.2, 0.25) is 5.91 Å². The molecule has 0 saturated carbocycles. The molecule has 1 atom stereocenters. The van der Waals surface area contributed by atoms with Crippen LogP contribution < -0.4 is 10.1 Å². The van der Waals surface area contributed by atoms with E-state index < -0.39 is 9.84 Å². The first-order valence-corrected chi connectivity index (χ1v) is 9.55. The second kappa shape index (κ2) is 7.79. The molecule has 1 aromatic carbocycles. The van der Waals surface area contributed by atoms with Crippen LogP contribution in [0, 0.1) is 6.92 Å². The highest BCUT2D eigenvalue weighted by Gasteiger charge is 2.31. The highest BCUT2D eigenvalue weighted by molar-refractivity contribution is 7.91. The fraction of sp³-hybridized carbons (Fsp3) is 0.562. The normalized spacial score (nSPS) is 19.7. The van der Waals surface area contributed by atoms with Gasteiger partial charge in [0.1, 0.15) is 12.4 Å². The first kappa shape index (κ1) is 17.7. The zero-order valence-electron chi connectivity index (χ0n) is 13.6. The number of amides is 1. The molecule has 1 heterocycles. The number of hydrogen-bond acceptors (Lipinski definition) is 5. The fourth-order valence-electron chi connectivity index (χ4n) is 2.60. The van der Waals surface area contributed by atoms with Crippen molar-refractivity contribution in [1.29, 1.82) is 0 Å². The van der Waals surface area contributed by atoms with Crippen molar-refractivity contribution in [2.75, 3.05) is 38.2 Å². The molecule has 1 aliphatic rings. The van der Waals surface area contributed by atoms with Crippen LogP contribution in [-0.4, -0.2) is 63.5 Å². The van der Waals surface area contributed by atoms with Gasteiger partial charge in [0.05, 0.1) is 24.6 Å². The Morgan fingerprint density at radius 1 is 1.39 bits per heavy atom. The second-order valence-corrected chi connectivity index (χ2v) is 8.16. The smallest absolute Gasteiger partial charge is 0.234 e. The molecular weight excluding hydrogens is 316 g/mol. The number of nitrogens with one attached hydrogen (secondary N) is 1. The largest absolute Gasteiger partial charge is 0.491 e. The Hall–Kier alpha value is -1.60. The number of ether oxygens (including phenoxy) is 1. The number of nitrogens with zero attached hydrogens (tertiary/aromatic N) is 1. The Balaban J connectivity index is 1.66. The number of carbonyl (C=O) groups is 1. The van der Waals surface area contributed by atoms with Crippen molar-refractivity contribution in [1.82, 2.24) is 10.2 Å². The van der Waals surface area contributed by atoms with E-state index in [2.05, 4.69) is 5.32 Å². The number of aryl methyl sites for hydroxylation is 1. The summed E-state index contributed by atoms with van der Waals surface area (Å²) in [5.41, 5.74) is 1.06. The summed E-state index contributed by atoms with van der Waals surface area (Å²) in [5.74, 6) is 1.06. The first-order chi connectivity index (χ1) is 10.9. The summed E-state index contributed by atoms with van der Waals surface area (Å²) in [4.78, 5) is 13.7. The third-order valence-corrected chi connectivity index (χ3v) is 5.75. The number of likely N-dealkylation sites (N-methyl/N-ethyl adjacent to an activating group) is 1. The van der Waals surface area contributed by atoms with Crippen molar-refractivity contribution in [3.8, 4) is 5.75 Å². The molecule has 0 radical (unpaired) electrons. The molecular formula is C16H24N2O4S. The maximum Gasteiger partial charge on any atom is 0.234 e. The van der Waals surface area contributed by atoms with E-state index in [1.807, 2.05) is 36.1 Å². The summed E-state index contributed by atoms with van der Waals surface area (Å²) >= 11 is 0. The van der Waals surface area contributed by atoms with Crippen LogP contribution in [0.25, 0.3) is 0 Å². The van der Waals surface area contributed by atoms with Crippen molar-refractivity contribution in [2.24, 2.45) is 0 Å². The van der Waals surface area contributed by atoms with Crippen molar-refractivity contribution in [2.45, 2.75) is 19.4 Å². The van der Waals surface area contributed by atoms with Crippen molar-refractivity contribution in [3.63, 3.8) is 0 Å². The molecule has 6 nitrogen and oxygen atoms in total. The minimum absolute atomic E-state index is 0.0611. The number of carbonyl (C=O) groups excluding carboxylic acids is 1. The van der Waals surface area contributed by atoms with Gasteiger partial charge in [0.25, 0.3) is 0 Å². The van der Waals surface area contributed by atoms with E-state index in [-0.39, 0.29) is 30.0 Å². The van der Waals surface area contributed by atoms with Crippen LogP contribution in [-0.2, 0) is 14.6 Å².